The van der Waals surface area contributed by atoms with Gasteiger partial charge in [0.05, 0.1) is 6.42 Å². The first-order valence-corrected chi connectivity index (χ1v) is 9.26. The minimum Gasteiger partial charge on any atom is -0.355 e. The van der Waals surface area contributed by atoms with Crippen molar-refractivity contribution in [1.29, 1.82) is 0 Å². The highest BCUT2D eigenvalue weighted by Crippen LogP contribution is 2.15. The predicted octanol–water partition coefficient (Wildman–Crippen LogP) is 3.68. The third-order valence-electron chi connectivity index (χ3n) is 4.05. The molecule has 4 nitrogen and oxygen atoms in total. The Morgan fingerprint density at radius 3 is 2.23 bits per heavy atom. The molecule has 6 heteroatoms. The summed E-state index contributed by atoms with van der Waals surface area (Å²) >= 11 is 3.39. The van der Waals surface area contributed by atoms with Crippen molar-refractivity contribution < 1.29 is 14.0 Å². The van der Waals surface area contributed by atoms with Gasteiger partial charge in [0.15, 0.2) is 0 Å². The fourth-order valence-electron chi connectivity index (χ4n) is 2.57. The molecule has 138 valence electrons. The number of amides is 2. The molecule has 0 heterocycles. The molecule has 1 N–H and O–H groups in total. The molecule has 0 spiro atoms. The number of hydrogen-bond donors (Lipinski definition) is 1. The van der Waals surface area contributed by atoms with Crippen molar-refractivity contribution in [3.05, 3.63) is 69.9 Å². The van der Waals surface area contributed by atoms with E-state index in [2.05, 4.69) is 21.2 Å². The normalized spacial score (nSPS) is 11.7. The van der Waals surface area contributed by atoms with Crippen LogP contribution in [-0.4, -0.2) is 29.3 Å². The third-order valence-corrected chi connectivity index (χ3v) is 4.58. The van der Waals surface area contributed by atoms with Crippen LogP contribution in [0.25, 0.3) is 0 Å². The Morgan fingerprint density at radius 1 is 1.08 bits per heavy atom. The minimum atomic E-state index is -0.605. The molecule has 0 aliphatic heterocycles. The van der Waals surface area contributed by atoms with Crippen LogP contribution in [0.2, 0.25) is 0 Å². The Hall–Kier alpha value is -2.21. The molecule has 0 aliphatic rings. The number of halogens is 2. The van der Waals surface area contributed by atoms with Gasteiger partial charge in [-0.2, -0.15) is 0 Å². The number of rotatable bonds is 7. The number of benzene rings is 2. The quantitative estimate of drug-likeness (QED) is 0.742. The molecule has 0 fully saturated rings. The Balaban J connectivity index is 2.20. The summed E-state index contributed by atoms with van der Waals surface area (Å²) in [5, 5.41) is 2.76. The van der Waals surface area contributed by atoms with E-state index in [1.54, 1.807) is 24.0 Å². The fourth-order valence-corrected chi connectivity index (χ4v) is 2.83. The topological polar surface area (TPSA) is 49.4 Å². The van der Waals surface area contributed by atoms with Gasteiger partial charge in [-0.15, -0.1) is 0 Å². The Bertz CT molecular complexity index is 747. The van der Waals surface area contributed by atoms with Crippen LogP contribution in [0.15, 0.2) is 53.0 Å². The molecular weight excluding hydrogens is 399 g/mol. The molecule has 0 saturated heterocycles. The van der Waals surface area contributed by atoms with Crippen LogP contribution in [0.4, 0.5) is 4.39 Å². The van der Waals surface area contributed by atoms with Crippen LogP contribution in [0, 0.1) is 5.82 Å². The molecule has 0 aromatic heterocycles. The number of carbonyl (C=O) groups excluding carboxylic acids is 2. The fraction of sp³-hybridized carbons (Fsp3) is 0.300. The van der Waals surface area contributed by atoms with Gasteiger partial charge in [-0.1, -0.05) is 40.2 Å². The lowest BCUT2D eigenvalue weighted by atomic mass is 10.1. The van der Waals surface area contributed by atoms with Gasteiger partial charge < -0.3 is 10.2 Å². The second-order valence-electron chi connectivity index (χ2n) is 6.02. The summed E-state index contributed by atoms with van der Waals surface area (Å²) in [5.41, 5.74) is 1.64. The molecule has 1 unspecified atom stereocenters. The molecule has 0 bridgehead atoms. The van der Waals surface area contributed by atoms with E-state index in [1.165, 1.54) is 12.1 Å². The first-order valence-electron chi connectivity index (χ1n) is 8.46. The molecule has 0 saturated carbocycles. The van der Waals surface area contributed by atoms with Crippen molar-refractivity contribution in [2.75, 3.05) is 6.54 Å². The van der Waals surface area contributed by atoms with Gasteiger partial charge in [0.1, 0.15) is 11.9 Å². The highest BCUT2D eigenvalue weighted by Gasteiger charge is 2.25. The van der Waals surface area contributed by atoms with Crippen molar-refractivity contribution in [3.8, 4) is 0 Å². The summed E-state index contributed by atoms with van der Waals surface area (Å²) in [6, 6.07) is 12.8. The summed E-state index contributed by atoms with van der Waals surface area (Å²) in [7, 11) is 0. The minimum absolute atomic E-state index is 0.112. The summed E-state index contributed by atoms with van der Waals surface area (Å²) in [4.78, 5) is 26.7. The average molecular weight is 421 g/mol. The van der Waals surface area contributed by atoms with E-state index in [-0.39, 0.29) is 24.1 Å². The Kier molecular flexibility index (Phi) is 7.33. The zero-order valence-corrected chi connectivity index (χ0v) is 16.4. The molecule has 2 amide bonds. The second kappa shape index (κ2) is 9.48. The molecule has 1 atom stereocenters. The van der Waals surface area contributed by atoms with Gasteiger partial charge in [-0.25, -0.2) is 4.39 Å². The van der Waals surface area contributed by atoms with E-state index in [9.17, 15) is 14.0 Å². The first kappa shape index (κ1) is 20.1. The van der Waals surface area contributed by atoms with Crippen LogP contribution in [0.5, 0.6) is 0 Å². The van der Waals surface area contributed by atoms with E-state index >= 15 is 0 Å². The van der Waals surface area contributed by atoms with Gasteiger partial charge in [-0.3, -0.25) is 9.59 Å². The predicted molar refractivity (Wildman–Crippen MR) is 103 cm³/mol. The largest absolute Gasteiger partial charge is 0.355 e. The summed E-state index contributed by atoms with van der Waals surface area (Å²) in [6.45, 7) is 4.38. The van der Waals surface area contributed by atoms with Crippen molar-refractivity contribution >= 4 is 27.7 Å². The van der Waals surface area contributed by atoms with Crippen molar-refractivity contribution in [2.24, 2.45) is 0 Å². The molecule has 26 heavy (non-hydrogen) atoms. The number of likely N-dealkylation sites (N-methyl/N-ethyl adjacent to an activating group) is 1. The number of carbonyl (C=O) groups is 2. The van der Waals surface area contributed by atoms with E-state index in [4.69, 9.17) is 0 Å². The number of nitrogens with one attached hydrogen (secondary N) is 1. The highest BCUT2D eigenvalue weighted by molar-refractivity contribution is 9.10. The maximum absolute atomic E-state index is 13.1. The number of nitrogens with zero attached hydrogens (tertiary/aromatic N) is 1. The maximum atomic E-state index is 13.1. The lowest BCUT2D eigenvalue weighted by Crippen LogP contribution is -2.48. The van der Waals surface area contributed by atoms with E-state index < -0.39 is 6.04 Å². The van der Waals surface area contributed by atoms with Crippen molar-refractivity contribution in [3.63, 3.8) is 0 Å². The summed E-state index contributed by atoms with van der Waals surface area (Å²) in [6.07, 6.45) is 0.112. The molecular formula is C20H22BrFN2O2. The van der Waals surface area contributed by atoms with Gasteiger partial charge >= 0.3 is 0 Å². The van der Waals surface area contributed by atoms with Crippen LogP contribution in [0.3, 0.4) is 0 Å². The molecule has 2 rings (SSSR count). The maximum Gasteiger partial charge on any atom is 0.242 e. The van der Waals surface area contributed by atoms with E-state index in [1.807, 2.05) is 31.2 Å². The summed E-state index contributed by atoms with van der Waals surface area (Å²) in [5.74, 6) is -0.723. The van der Waals surface area contributed by atoms with Gasteiger partial charge in [0.25, 0.3) is 0 Å². The third kappa shape index (κ3) is 5.66. The Labute approximate surface area is 161 Å². The second-order valence-corrected chi connectivity index (χ2v) is 6.94. The lowest BCUT2D eigenvalue weighted by molar-refractivity contribution is -0.140. The molecule has 0 aliphatic carbocycles. The van der Waals surface area contributed by atoms with Crippen LogP contribution >= 0.6 is 15.9 Å². The first-order chi connectivity index (χ1) is 12.4. The summed E-state index contributed by atoms with van der Waals surface area (Å²) < 4.78 is 14.0. The van der Waals surface area contributed by atoms with Crippen molar-refractivity contribution in [2.45, 2.75) is 32.9 Å². The highest BCUT2D eigenvalue weighted by atomic mass is 79.9. The molecule has 2 aromatic rings. The van der Waals surface area contributed by atoms with Crippen molar-refractivity contribution in [1.82, 2.24) is 10.2 Å². The zero-order chi connectivity index (χ0) is 19.1. The molecule has 0 radical (unpaired) electrons. The van der Waals surface area contributed by atoms with Crippen LogP contribution in [-0.2, 0) is 22.6 Å². The number of hydrogen-bond acceptors (Lipinski definition) is 2. The molecule has 2 aromatic carbocycles. The monoisotopic (exact) mass is 420 g/mol. The van der Waals surface area contributed by atoms with Crippen LogP contribution in [0.1, 0.15) is 25.0 Å². The zero-order valence-electron chi connectivity index (χ0n) is 14.8. The Morgan fingerprint density at radius 2 is 1.65 bits per heavy atom. The van der Waals surface area contributed by atoms with E-state index in [0.717, 1.165) is 10.0 Å². The average Bonchev–Trinajstić information content (AvgIpc) is 2.62. The van der Waals surface area contributed by atoms with Crippen LogP contribution < -0.4 is 5.32 Å². The van der Waals surface area contributed by atoms with Gasteiger partial charge in [0, 0.05) is 17.6 Å². The standard InChI is InChI=1S/C20H22BrFN2O2/c1-3-23-20(26)14(2)24(13-16-4-8-17(21)9-5-16)19(25)12-15-6-10-18(22)11-7-15/h4-11,14H,3,12-13H2,1-2H3,(H,23,26). The lowest BCUT2D eigenvalue weighted by Gasteiger charge is -2.29. The van der Waals surface area contributed by atoms with Gasteiger partial charge in [-0.05, 0) is 49.2 Å². The van der Waals surface area contributed by atoms with Gasteiger partial charge in [0.2, 0.25) is 11.8 Å². The SMILES string of the molecule is CCNC(=O)C(C)N(Cc1ccc(Br)cc1)C(=O)Cc1ccc(F)cc1. The van der Waals surface area contributed by atoms with E-state index in [0.29, 0.717) is 18.7 Å². The smallest absolute Gasteiger partial charge is 0.242 e.